The Kier molecular flexibility index (Phi) is 2.29. The van der Waals surface area contributed by atoms with Gasteiger partial charge in [0.1, 0.15) is 0 Å². The molecule has 0 atom stereocenters. The number of hydrogen-bond acceptors (Lipinski definition) is 2. The van der Waals surface area contributed by atoms with Crippen molar-refractivity contribution in [3.05, 3.63) is 36.3 Å². The van der Waals surface area contributed by atoms with Crippen LogP contribution in [0.25, 0.3) is 0 Å². The predicted octanol–water partition coefficient (Wildman–Crippen LogP) is 1.74. The van der Waals surface area contributed by atoms with E-state index in [0.717, 1.165) is 0 Å². The lowest BCUT2D eigenvalue weighted by molar-refractivity contribution is -0.110. The van der Waals surface area contributed by atoms with E-state index in [4.69, 9.17) is 16.3 Å². The largest absolute Gasteiger partial charge is 0.460 e. The molecule has 0 saturated carbocycles. The topological polar surface area (TPSA) is 26.3 Å². The van der Waals surface area contributed by atoms with E-state index >= 15 is 0 Å². The fraction of sp³-hybridized carbons (Fsp3) is 0. The van der Waals surface area contributed by atoms with Crippen molar-refractivity contribution in [1.82, 2.24) is 0 Å². The van der Waals surface area contributed by atoms with E-state index in [-0.39, 0.29) is 5.76 Å². The van der Waals surface area contributed by atoms with Crippen molar-refractivity contribution in [3.63, 3.8) is 0 Å². The third-order valence-corrected chi connectivity index (χ3v) is 1.12. The Hall–Kier alpha value is -1.02. The van der Waals surface area contributed by atoms with Crippen LogP contribution in [0.15, 0.2) is 36.3 Å². The normalized spacial score (nSPS) is 15.5. The predicted molar refractivity (Wildman–Crippen MR) is 38.3 cm³/mol. The first-order valence-corrected chi connectivity index (χ1v) is 3.08. The molecule has 2 nitrogen and oxygen atoms in total. The van der Waals surface area contributed by atoms with E-state index in [9.17, 15) is 4.79 Å². The Bertz CT molecular complexity index is 226. The van der Waals surface area contributed by atoms with Gasteiger partial charge in [0, 0.05) is 0 Å². The summed E-state index contributed by atoms with van der Waals surface area (Å²) in [5.74, 6) is 0.145. The Labute approximate surface area is 63.4 Å². The third kappa shape index (κ3) is 1.74. The summed E-state index contributed by atoms with van der Waals surface area (Å²) < 4.78 is 4.80. The van der Waals surface area contributed by atoms with Gasteiger partial charge in [-0.3, -0.25) is 4.79 Å². The Morgan fingerprint density at radius 2 is 2.20 bits per heavy atom. The Balaban J connectivity index is 2.78. The van der Waals surface area contributed by atoms with E-state index in [0.29, 0.717) is 0 Å². The first-order valence-electron chi connectivity index (χ1n) is 2.70. The van der Waals surface area contributed by atoms with Gasteiger partial charge in [0.25, 0.3) is 5.24 Å². The molecular formula is C7H5ClO2. The molecule has 3 heteroatoms. The second kappa shape index (κ2) is 3.22. The molecule has 0 aromatic rings. The van der Waals surface area contributed by atoms with Crippen molar-refractivity contribution in [1.29, 1.82) is 0 Å². The summed E-state index contributed by atoms with van der Waals surface area (Å²) in [6, 6.07) is 0. The highest BCUT2D eigenvalue weighted by Gasteiger charge is 2.04. The van der Waals surface area contributed by atoms with Crippen LogP contribution in [0.2, 0.25) is 0 Å². The van der Waals surface area contributed by atoms with Crippen LogP contribution in [0, 0.1) is 0 Å². The number of carbonyl (C=O) groups excluding carboxylic acids is 1. The van der Waals surface area contributed by atoms with E-state index in [1.54, 1.807) is 18.2 Å². The highest BCUT2D eigenvalue weighted by atomic mass is 35.5. The minimum atomic E-state index is -0.587. The van der Waals surface area contributed by atoms with Gasteiger partial charge >= 0.3 is 0 Å². The first kappa shape index (κ1) is 7.09. The molecule has 0 unspecified atom stereocenters. The second-order valence-electron chi connectivity index (χ2n) is 1.64. The summed E-state index contributed by atoms with van der Waals surface area (Å²) in [7, 11) is 0. The molecule has 0 spiro atoms. The van der Waals surface area contributed by atoms with E-state index < -0.39 is 5.24 Å². The average Bonchev–Trinajstić information content (AvgIpc) is 2.12. The van der Waals surface area contributed by atoms with Crippen LogP contribution in [0.1, 0.15) is 0 Å². The fourth-order valence-electron chi connectivity index (χ4n) is 0.516. The van der Waals surface area contributed by atoms with Crippen molar-refractivity contribution in [3.8, 4) is 0 Å². The summed E-state index contributed by atoms with van der Waals surface area (Å²) in [6.45, 7) is 0. The van der Waals surface area contributed by atoms with Crippen LogP contribution in [-0.2, 0) is 9.53 Å². The van der Waals surface area contributed by atoms with Gasteiger partial charge in [0.2, 0.25) is 0 Å². The number of halogens is 1. The van der Waals surface area contributed by atoms with Crippen LogP contribution in [0.3, 0.4) is 0 Å². The number of hydrogen-bond donors (Lipinski definition) is 0. The zero-order valence-corrected chi connectivity index (χ0v) is 5.84. The molecule has 0 aliphatic carbocycles. The summed E-state index contributed by atoms with van der Waals surface area (Å²) in [5.41, 5.74) is 0. The van der Waals surface area contributed by atoms with Crippen LogP contribution < -0.4 is 0 Å². The lowest BCUT2D eigenvalue weighted by Gasteiger charge is -1.95. The molecule has 1 rings (SSSR count). The molecule has 0 fully saturated rings. The first-order chi connectivity index (χ1) is 4.80. The van der Waals surface area contributed by atoms with E-state index in [1.807, 2.05) is 0 Å². The summed E-state index contributed by atoms with van der Waals surface area (Å²) in [5, 5.41) is -0.587. The molecule has 1 aliphatic rings. The van der Waals surface area contributed by atoms with Gasteiger partial charge in [-0.25, -0.2) is 0 Å². The molecule has 0 saturated heterocycles. The molecule has 0 radical (unpaired) electrons. The maximum Gasteiger partial charge on any atom is 0.287 e. The minimum absolute atomic E-state index is 0.145. The molecule has 0 N–H and O–H groups in total. The van der Waals surface area contributed by atoms with Crippen LogP contribution >= 0.6 is 11.6 Å². The second-order valence-corrected chi connectivity index (χ2v) is 1.98. The highest BCUT2D eigenvalue weighted by molar-refractivity contribution is 6.67. The number of rotatable bonds is 1. The average molecular weight is 157 g/mol. The van der Waals surface area contributed by atoms with Gasteiger partial charge in [-0.2, -0.15) is 0 Å². The van der Waals surface area contributed by atoms with Crippen LogP contribution in [0.5, 0.6) is 0 Å². The van der Waals surface area contributed by atoms with Crippen LogP contribution in [-0.4, -0.2) is 5.24 Å². The van der Waals surface area contributed by atoms with Gasteiger partial charge in [-0.15, -0.1) is 0 Å². The zero-order valence-electron chi connectivity index (χ0n) is 5.08. The van der Waals surface area contributed by atoms with Gasteiger partial charge in [0.05, 0.1) is 6.26 Å². The van der Waals surface area contributed by atoms with Crippen molar-refractivity contribution in [2.45, 2.75) is 0 Å². The molecule has 0 amide bonds. The van der Waals surface area contributed by atoms with Gasteiger partial charge in [0.15, 0.2) is 5.76 Å². The number of carbonyl (C=O) groups is 1. The number of allylic oxidation sites excluding steroid dienone is 5. The van der Waals surface area contributed by atoms with E-state index in [2.05, 4.69) is 0 Å². The molecule has 0 bridgehead atoms. The SMILES string of the molecule is O=C(Cl)C1=CC=CC=CO1. The summed E-state index contributed by atoms with van der Waals surface area (Å²) in [6.07, 6.45) is 8.00. The standard InChI is InChI=1S/C7H5ClO2/c8-7(9)6-4-2-1-3-5-10-6/h1-5H. The Morgan fingerprint density at radius 3 is 2.90 bits per heavy atom. The molecule has 0 aromatic carbocycles. The van der Waals surface area contributed by atoms with Gasteiger partial charge in [-0.1, -0.05) is 12.2 Å². The third-order valence-electron chi connectivity index (χ3n) is 0.937. The van der Waals surface area contributed by atoms with Gasteiger partial charge in [-0.05, 0) is 23.8 Å². The monoisotopic (exact) mass is 156 g/mol. The lowest BCUT2D eigenvalue weighted by atomic mass is 10.4. The molecule has 10 heavy (non-hydrogen) atoms. The summed E-state index contributed by atoms with van der Waals surface area (Å²) in [4.78, 5) is 10.5. The molecule has 0 aromatic heterocycles. The minimum Gasteiger partial charge on any atom is -0.460 e. The van der Waals surface area contributed by atoms with Crippen LogP contribution in [0.4, 0.5) is 0 Å². The van der Waals surface area contributed by atoms with Crippen molar-refractivity contribution >= 4 is 16.8 Å². The molecular weight excluding hydrogens is 152 g/mol. The molecule has 1 heterocycles. The van der Waals surface area contributed by atoms with E-state index in [1.165, 1.54) is 12.3 Å². The lowest BCUT2D eigenvalue weighted by Crippen LogP contribution is -1.93. The highest BCUT2D eigenvalue weighted by Crippen LogP contribution is 2.06. The maximum atomic E-state index is 10.5. The summed E-state index contributed by atoms with van der Waals surface area (Å²) >= 11 is 5.13. The molecule has 1 aliphatic heterocycles. The Morgan fingerprint density at radius 1 is 1.40 bits per heavy atom. The molecule has 52 valence electrons. The van der Waals surface area contributed by atoms with Crippen molar-refractivity contribution in [2.24, 2.45) is 0 Å². The quantitative estimate of drug-likeness (QED) is 0.541. The van der Waals surface area contributed by atoms with Gasteiger partial charge < -0.3 is 4.74 Å². The maximum absolute atomic E-state index is 10.5. The fourth-order valence-corrected chi connectivity index (χ4v) is 0.624. The van der Waals surface area contributed by atoms with Crippen molar-refractivity contribution < 1.29 is 9.53 Å². The van der Waals surface area contributed by atoms with Crippen molar-refractivity contribution in [2.75, 3.05) is 0 Å². The smallest absolute Gasteiger partial charge is 0.287 e. The number of ether oxygens (including phenoxy) is 1. The zero-order chi connectivity index (χ0) is 7.40.